The third kappa shape index (κ3) is 5.54. The highest BCUT2D eigenvalue weighted by atomic mass is 16.5. The number of carbonyl (C=O) groups excluding carboxylic acids is 1. The summed E-state index contributed by atoms with van der Waals surface area (Å²) >= 11 is 0. The number of rotatable bonds is 9. The summed E-state index contributed by atoms with van der Waals surface area (Å²) in [6, 6.07) is 7.52. The first-order valence-corrected chi connectivity index (χ1v) is 5.99. The van der Waals surface area contributed by atoms with Crippen LogP contribution in [0.4, 0.5) is 0 Å². The standard InChI is InChI=1S/C13H20N2O3/c1-17-11-5-2-3-6-12(11)18-10-9-15-8-4-7-13(14)16/h2-3,5-6,15H,4,7-10H2,1H3,(H2,14,16). The van der Waals surface area contributed by atoms with E-state index in [2.05, 4.69) is 5.32 Å². The zero-order chi connectivity index (χ0) is 13.2. The van der Waals surface area contributed by atoms with Crippen LogP contribution in [0.2, 0.25) is 0 Å². The van der Waals surface area contributed by atoms with Gasteiger partial charge in [-0.2, -0.15) is 0 Å². The normalized spacial score (nSPS) is 10.1. The van der Waals surface area contributed by atoms with Gasteiger partial charge in [-0.25, -0.2) is 0 Å². The molecule has 3 N–H and O–H groups in total. The minimum absolute atomic E-state index is 0.262. The van der Waals surface area contributed by atoms with E-state index in [1.807, 2.05) is 24.3 Å². The number of amides is 1. The van der Waals surface area contributed by atoms with Gasteiger partial charge in [0.25, 0.3) is 0 Å². The molecule has 0 aliphatic heterocycles. The van der Waals surface area contributed by atoms with E-state index in [9.17, 15) is 4.79 Å². The second-order valence-electron chi connectivity index (χ2n) is 3.82. The highest BCUT2D eigenvalue weighted by molar-refractivity contribution is 5.73. The molecule has 0 fully saturated rings. The quantitative estimate of drug-likeness (QED) is 0.641. The predicted molar refractivity (Wildman–Crippen MR) is 69.8 cm³/mol. The Kier molecular flexibility index (Phi) is 6.64. The fourth-order valence-electron chi connectivity index (χ4n) is 1.48. The Balaban J connectivity index is 2.12. The van der Waals surface area contributed by atoms with E-state index in [0.29, 0.717) is 13.0 Å². The van der Waals surface area contributed by atoms with E-state index in [1.165, 1.54) is 0 Å². The lowest BCUT2D eigenvalue weighted by molar-refractivity contribution is -0.118. The van der Waals surface area contributed by atoms with Gasteiger partial charge in [-0.05, 0) is 25.1 Å². The molecule has 0 saturated heterocycles. The molecular formula is C13H20N2O3. The van der Waals surface area contributed by atoms with Crippen LogP contribution >= 0.6 is 0 Å². The molecule has 1 aromatic rings. The average Bonchev–Trinajstić information content (AvgIpc) is 2.37. The fourth-order valence-corrected chi connectivity index (χ4v) is 1.48. The maximum atomic E-state index is 10.5. The van der Waals surface area contributed by atoms with Crippen molar-refractivity contribution < 1.29 is 14.3 Å². The highest BCUT2D eigenvalue weighted by Gasteiger charge is 2.01. The van der Waals surface area contributed by atoms with Gasteiger partial charge < -0.3 is 20.5 Å². The van der Waals surface area contributed by atoms with Crippen LogP contribution < -0.4 is 20.5 Å². The van der Waals surface area contributed by atoms with Crippen molar-refractivity contribution in [2.24, 2.45) is 5.73 Å². The SMILES string of the molecule is COc1ccccc1OCCNCCCC(N)=O. The molecule has 100 valence electrons. The number of hydrogen-bond donors (Lipinski definition) is 2. The van der Waals surface area contributed by atoms with Crippen LogP contribution in [-0.4, -0.2) is 32.7 Å². The van der Waals surface area contributed by atoms with Crippen molar-refractivity contribution in [3.63, 3.8) is 0 Å². The van der Waals surface area contributed by atoms with Crippen LogP contribution in [-0.2, 0) is 4.79 Å². The van der Waals surface area contributed by atoms with Crippen LogP contribution in [0.15, 0.2) is 24.3 Å². The maximum Gasteiger partial charge on any atom is 0.217 e. The molecule has 0 atom stereocenters. The number of benzene rings is 1. The summed E-state index contributed by atoms with van der Waals surface area (Å²) in [5.74, 6) is 1.20. The molecule has 0 spiro atoms. The van der Waals surface area contributed by atoms with Gasteiger partial charge in [0.15, 0.2) is 11.5 Å². The average molecular weight is 252 g/mol. The van der Waals surface area contributed by atoms with Crippen molar-refractivity contribution in [3.8, 4) is 11.5 Å². The molecule has 0 radical (unpaired) electrons. The molecular weight excluding hydrogens is 232 g/mol. The van der Waals surface area contributed by atoms with Gasteiger partial charge >= 0.3 is 0 Å². The van der Waals surface area contributed by atoms with Gasteiger partial charge in [0.2, 0.25) is 5.91 Å². The van der Waals surface area contributed by atoms with Crippen molar-refractivity contribution >= 4 is 5.91 Å². The number of ether oxygens (including phenoxy) is 2. The number of carbonyl (C=O) groups is 1. The second-order valence-corrected chi connectivity index (χ2v) is 3.82. The molecule has 0 aliphatic carbocycles. The first kappa shape index (κ1) is 14.3. The van der Waals surface area contributed by atoms with Crippen molar-refractivity contribution in [1.82, 2.24) is 5.32 Å². The molecule has 1 amide bonds. The summed E-state index contributed by atoms with van der Waals surface area (Å²) < 4.78 is 10.7. The van der Waals surface area contributed by atoms with Crippen molar-refractivity contribution in [1.29, 1.82) is 0 Å². The third-order valence-corrected chi connectivity index (χ3v) is 2.38. The number of nitrogens with one attached hydrogen (secondary N) is 1. The number of hydrogen-bond acceptors (Lipinski definition) is 4. The van der Waals surface area contributed by atoms with Crippen LogP contribution in [0.5, 0.6) is 11.5 Å². The third-order valence-electron chi connectivity index (χ3n) is 2.38. The minimum Gasteiger partial charge on any atom is -0.493 e. The minimum atomic E-state index is -0.262. The number of primary amides is 1. The van der Waals surface area contributed by atoms with Gasteiger partial charge in [0, 0.05) is 13.0 Å². The fraction of sp³-hybridized carbons (Fsp3) is 0.462. The zero-order valence-corrected chi connectivity index (χ0v) is 10.6. The summed E-state index contributed by atoms with van der Waals surface area (Å²) in [5, 5.41) is 3.17. The van der Waals surface area contributed by atoms with Crippen LogP contribution in [0, 0.1) is 0 Å². The van der Waals surface area contributed by atoms with Gasteiger partial charge in [-0.15, -0.1) is 0 Å². The summed E-state index contributed by atoms with van der Waals surface area (Å²) in [4.78, 5) is 10.5. The summed E-state index contributed by atoms with van der Waals surface area (Å²) in [7, 11) is 1.62. The van der Waals surface area contributed by atoms with Gasteiger partial charge in [0.1, 0.15) is 6.61 Å². The Morgan fingerprint density at radius 1 is 1.28 bits per heavy atom. The Hall–Kier alpha value is -1.75. The predicted octanol–water partition coefficient (Wildman–Crippen LogP) is 0.929. The lowest BCUT2D eigenvalue weighted by atomic mass is 10.3. The van der Waals surface area contributed by atoms with E-state index in [0.717, 1.165) is 31.0 Å². The van der Waals surface area contributed by atoms with Crippen molar-refractivity contribution in [2.45, 2.75) is 12.8 Å². The summed E-state index contributed by atoms with van der Waals surface area (Å²) in [5.41, 5.74) is 5.04. The molecule has 0 bridgehead atoms. The molecule has 5 heteroatoms. The lowest BCUT2D eigenvalue weighted by Crippen LogP contribution is -2.23. The topological polar surface area (TPSA) is 73.6 Å². The molecule has 0 saturated carbocycles. The molecule has 5 nitrogen and oxygen atoms in total. The molecule has 0 aliphatic rings. The first-order chi connectivity index (χ1) is 8.74. The smallest absolute Gasteiger partial charge is 0.217 e. The van der Waals surface area contributed by atoms with E-state index in [-0.39, 0.29) is 5.91 Å². The maximum absolute atomic E-state index is 10.5. The second kappa shape index (κ2) is 8.36. The Morgan fingerprint density at radius 3 is 2.67 bits per heavy atom. The molecule has 0 unspecified atom stereocenters. The molecule has 1 rings (SSSR count). The molecule has 1 aromatic carbocycles. The number of para-hydroxylation sites is 2. The Labute approximate surface area is 107 Å². The Bertz CT molecular complexity index is 369. The highest BCUT2D eigenvalue weighted by Crippen LogP contribution is 2.25. The van der Waals surface area contributed by atoms with Crippen LogP contribution in [0.25, 0.3) is 0 Å². The van der Waals surface area contributed by atoms with Crippen molar-refractivity contribution in [3.05, 3.63) is 24.3 Å². The van der Waals surface area contributed by atoms with Crippen LogP contribution in [0.3, 0.4) is 0 Å². The lowest BCUT2D eigenvalue weighted by Gasteiger charge is -2.10. The first-order valence-electron chi connectivity index (χ1n) is 5.99. The monoisotopic (exact) mass is 252 g/mol. The van der Waals surface area contributed by atoms with Gasteiger partial charge in [-0.3, -0.25) is 4.79 Å². The van der Waals surface area contributed by atoms with E-state index >= 15 is 0 Å². The van der Waals surface area contributed by atoms with E-state index in [4.69, 9.17) is 15.2 Å². The van der Waals surface area contributed by atoms with Crippen molar-refractivity contribution in [2.75, 3.05) is 26.8 Å². The summed E-state index contributed by atoms with van der Waals surface area (Å²) in [6.45, 7) is 2.03. The Morgan fingerprint density at radius 2 is 2.00 bits per heavy atom. The molecule has 18 heavy (non-hydrogen) atoms. The van der Waals surface area contributed by atoms with E-state index in [1.54, 1.807) is 7.11 Å². The zero-order valence-electron chi connectivity index (χ0n) is 10.6. The van der Waals surface area contributed by atoms with Crippen LogP contribution in [0.1, 0.15) is 12.8 Å². The van der Waals surface area contributed by atoms with Gasteiger partial charge in [-0.1, -0.05) is 12.1 Å². The molecule has 0 aromatic heterocycles. The van der Waals surface area contributed by atoms with E-state index < -0.39 is 0 Å². The number of methoxy groups -OCH3 is 1. The number of nitrogens with two attached hydrogens (primary N) is 1. The largest absolute Gasteiger partial charge is 0.493 e. The summed E-state index contributed by atoms with van der Waals surface area (Å²) in [6.07, 6.45) is 1.17. The molecule has 0 heterocycles. The van der Waals surface area contributed by atoms with Gasteiger partial charge in [0.05, 0.1) is 7.11 Å².